The Labute approximate surface area is 376 Å². The zero-order valence-electron chi connectivity index (χ0n) is 34.9. The second kappa shape index (κ2) is 19.6. The molecule has 2 fully saturated rings. The number of aliphatic carboxylic acids is 2. The molecule has 2 aliphatic heterocycles. The number of carbonyl (C=O) groups is 4. The standard InChI is InChI=1S/C26H24ClNO4.C25H22ClNO4/c1-16-15-22(26(30)31)28(24(16)20-8-3-5-9-21(20)27)25(29)18-13-11-17(12-14-18)19-7-4-6-10-23(19)32-2;1-31-23-15-17(11-12-18(23)16-7-3-2-4-8-16)24(28)27-21(13-14-22(27)25(29)30)19-9-5-6-10-20(19)26/h3-14,16,22,24H,15H2,1-2H3,(H,30,31);2-12,15,21-22H,13-14H2,1H3,(H,29,30)/t16?,22-,24?;21-,22+/m01/s1. The van der Waals surface area contributed by atoms with Crippen molar-refractivity contribution in [3.63, 3.8) is 0 Å². The highest BCUT2D eigenvalue weighted by Gasteiger charge is 2.47. The first-order chi connectivity index (χ1) is 30.4. The lowest BCUT2D eigenvalue weighted by atomic mass is 9.94. The van der Waals surface area contributed by atoms with E-state index in [-0.39, 0.29) is 17.7 Å². The van der Waals surface area contributed by atoms with E-state index in [0.29, 0.717) is 46.2 Å². The molecule has 12 heteroatoms. The molecule has 0 radical (unpaired) electrons. The van der Waals surface area contributed by atoms with Crippen LogP contribution in [0.5, 0.6) is 11.5 Å². The molecule has 2 amide bonds. The molecule has 2 heterocycles. The number of carbonyl (C=O) groups excluding carboxylic acids is 2. The number of halogens is 2. The van der Waals surface area contributed by atoms with Crippen LogP contribution in [0.1, 0.15) is 70.1 Å². The summed E-state index contributed by atoms with van der Waals surface area (Å²) in [5.74, 6) is -1.46. The molecule has 8 rings (SSSR count). The monoisotopic (exact) mass is 884 g/mol. The topological polar surface area (TPSA) is 134 Å². The van der Waals surface area contributed by atoms with E-state index in [1.165, 1.54) is 9.80 Å². The van der Waals surface area contributed by atoms with Crippen molar-refractivity contribution in [2.45, 2.75) is 50.4 Å². The van der Waals surface area contributed by atoms with Gasteiger partial charge in [0, 0.05) is 32.3 Å². The first kappa shape index (κ1) is 44.4. The molecule has 6 aromatic carbocycles. The number of amides is 2. The Hall–Kier alpha value is -6.62. The number of methoxy groups -OCH3 is 2. The van der Waals surface area contributed by atoms with Crippen LogP contribution in [0.3, 0.4) is 0 Å². The fraction of sp³-hybridized carbons (Fsp3) is 0.216. The van der Waals surface area contributed by atoms with E-state index in [9.17, 15) is 29.4 Å². The molecule has 2 unspecified atom stereocenters. The van der Waals surface area contributed by atoms with E-state index < -0.39 is 36.1 Å². The molecule has 63 heavy (non-hydrogen) atoms. The van der Waals surface area contributed by atoms with Crippen molar-refractivity contribution >= 4 is 47.0 Å². The third-order valence-electron chi connectivity index (χ3n) is 11.8. The molecular formula is C51H46Cl2N2O8. The smallest absolute Gasteiger partial charge is 0.326 e. The highest BCUT2D eigenvalue weighted by atomic mass is 35.5. The first-order valence-corrected chi connectivity index (χ1v) is 21.3. The number of likely N-dealkylation sites (tertiary alicyclic amines) is 2. The molecule has 0 bridgehead atoms. The summed E-state index contributed by atoms with van der Waals surface area (Å²) in [4.78, 5) is 54.0. The van der Waals surface area contributed by atoms with Crippen LogP contribution in [-0.2, 0) is 9.59 Å². The van der Waals surface area contributed by atoms with Crippen molar-refractivity contribution < 1.29 is 38.9 Å². The molecule has 322 valence electrons. The molecule has 0 aromatic heterocycles. The number of hydrogen-bond donors (Lipinski definition) is 2. The Morgan fingerprint density at radius 1 is 0.556 bits per heavy atom. The third kappa shape index (κ3) is 9.28. The normalized spacial score (nSPS) is 19.2. The lowest BCUT2D eigenvalue weighted by Crippen LogP contribution is -2.42. The van der Waals surface area contributed by atoms with Gasteiger partial charge in [0.15, 0.2) is 0 Å². The summed E-state index contributed by atoms with van der Waals surface area (Å²) in [7, 11) is 3.17. The van der Waals surface area contributed by atoms with Crippen LogP contribution in [-0.4, -0.2) is 70.1 Å². The summed E-state index contributed by atoms with van der Waals surface area (Å²) in [5.41, 5.74) is 5.99. The quantitative estimate of drug-likeness (QED) is 0.139. The Bertz CT molecular complexity index is 2620. The Morgan fingerprint density at radius 2 is 1.08 bits per heavy atom. The van der Waals surface area contributed by atoms with E-state index in [2.05, 4.69) is 0 Å². The van der Waals surface area contributed by atoms with Crippen molar-refractivity contribution in [1.29, 1.82) is 0 Å². The minimum Gasteiger partial charge on any atom is -0.496 e. The van der Waals surface area contributed by atoms with Crippen LogP contribution in [0.25, 0.3) is 22.3 Å². The van der Waals surface area contributed by atoms with Crippen LogP contribution >= 0.6 is 23.2 Å². The summed E-state index contributed by atoms with van der Waals surface area (Å²) in [6, 6.07) is 41.7. The molecule has 0 spiro atoms. The predicted octanol–water partition coefficient (Wildman–Crippen LogP) is 11.1. The van der Waals surface area contributed by atoms with Gasteiger partial charge in [0.1, 0.15) is 23.6 Å². The average Bonchev–Trinajstić information content (AvgIpc) is 3.91. The molecular weight excluding hydrogens is 839 g/mol. The van der Waals surface area contributed by atoms with E-state index in [1.807, 2.05) is 116 Å². The lowest BCUT2D eigenvalue weighted by molar-refractivity contribution is -0.142. The lowest BCUT2D eigenvalue weighted by Gasteiger charge is -2.30. The number of carboxylic acids is 2. The van der Waals surface area contributed by atoms with Gasteiger partial charge in [-0.25, -0.2) is 9.59 Å². The molecule has 2 N–H and O–H groups in total. The molecule has 0 aliphatic carbocycles. The second-order valence-corrected chi connectivity index (χ2v) is 16.3. The van der Waals surface area contributed by atoms with Gasteiger partial charge in [-0.15, -0.1) is 0 Å². The Morgan fingerprint density at radius 3 is 1.70 bits per heavy atom. The molecule has 2 saturated heterocycles. The summed E-state index contributed by atoms with van der Waals surface area (Å²) in [5, 5.41) is 20.6. The zero-order valence-corrected chi connectivity index (χ0v) is 36.4. The molecule has 0 saturated carbocycles. The van der Waals surface area contributed by atoms with Crippen LogP contribution in [0.15, 0.2) is 146 Å². The van der Waals surface area contributed by atoms with Gasteiger partial charge in [-0.2, -0.15) is 0 Å². The minimum atomic E-state index is -1.02. The van der Waals surface area contributed by atoms with Gasteiger partial charge in [0.25, 0.3) is 11.8 Å². The highest BCUT2D eigenvalue weighted by molar-refractivity contribution is 6.31. The first-order valence-electron chi connectivity index (χ1n) is 20.5. The third-order valence-corrected chi connectivity index (χ3v) is 12.5. The maximum Gasteiger partial charge on any atom is 0.326 e. The second-order valence-electron chi connectivity index (χ2n) is 15.5. The van der Waals surface area contributed by atoms with Crippen LogP contribution in [0.4, 0.5) is 0 Å². The fourth-order valence-corrected chi connectivity index (χ4v) is 9.27. The summed E-state index contributed by atoms with van der Waals surface area (Å²) < 4.78 is 11.0. The van der Waals surface area contributed by atoms with Crippen molar-refractivity contribution in [2.75, 3.05) is 14.2 Å². The van der Waals surface area contributed by atoms with Crippen LogP contribution in [0, 0.1) is 5.92 Å². The minimum absolute atomic E-state index is 0.0483. The van der Waals surface area contributed by atoms with Gasteiger partial charge < -0.3 is 29.5 Å². The Kier molecular flexibility index (Phi) is 13.8. The van der Waals surface area contributed by atoms with Gasteiger partial charge in [0.2, 0.25) is 0 Å². The zero-order chi connectivity index (χ0) is 44.8. The largest absolute Gasteiger partial charge is 0.496 e. The number of benzene rings is 6. The Balaban J connectivity index is 0.000000189. The maximum atomic E-state index is 13.6. The van der Waals surface area contributed by atoms with Gasteiger partial charge in [-0.3, -0.25) is 9.59 Å². The SMILES string of the molecule is COc1cc(C(=O)N2[C@@H](c3ccccc3Cl)CC[C@H]2C(=O)O)ccc1-c1ccccc1.COc1ccccc1-c1ccc(C(=O)N2C(c3ccccc3Cl)C(C)C[C@H]2C(=O)O)cc1. The van der Waals surface area contributed by atoms with Gasteiger partial charge >= 0.3 is 11.9 Å². The summed E-state index contributed by atoms with van der Waals surface area (Å²) in [6.07, 6.45) is 1.28. The van der Waals surface area contributed by atoms with Crippen LogP contribution < -0.4 is 9.47 Å². The van der Waals surface area contributed by atoms with Gasteiger partial charge in [0.05, 0.1) is 26.3 Å². The molecule has 5 atom stereocenters. The van der Waals surface area contributed by atoms with E-state index >= 15 is 0 Å². The number of nitrogens with zero attached hydrogens (tertiary/aromatic N) is 2. The van der Waals surface area contributed by atoms with Crippen molar-refractivity contribution in [2.24, 2.45) is 5.92 Å². The van der Waals surface area contributed by atoms with E-state index in [4.69, 9.17) is 32.7 Å². The van der Waals surface area contributed by atoms with Gasteiger partial charge in [-0.1, -0.05) is 127 Å². The predicted molar refractivity (Wildman–Crippen MR) is 243 cm³/mol. The molecule has 10 nitrogen and oxygen atoms in total. The number of carboxylic acid groups (broad SMARTS) is 2. The average molecular weight is 886 g/mol. The molecule has 2 aliphatic rings. The van der Waals surface area contributed by atoms with Crippen molar-refractivity contribution in [3.05, 3.63) is 178 Å². The van der Waals surface area contributed by atoms with Crippen LogP contribution in [0.2, 0.25) is 10.0 Å². The summed E-state index contributed by atoms with van der Waals surface area (Å²) in [6.45, 7) is 1.96. The number of rotatable bonds is 10. The number of hydrogen-bond acceptors (Lipinski definition) is 6. The fourth-order valence-electron chi connectivity index (χ4n) is 8.76. The highest BCUT2D eigenvalue weighted by Crippen LogP contribution is 2.45. The van der Waals surface area contributed by atoms with E-state index in [0.717, 1.165) is 39.1 Å². The van der Waals surface area contributed by atoms with Crippen molar-refractivity contribution in [1.82, 2.24) is 9.80 Å². The van der Waals surface area contributed by atoms with Gasteiger partial charge in [-0.05, 0) is 96.0 Å². The van der Waals surface area contributed by atoms with Crippen molar-refractivity contribution in [3.8, 4) is 33.8 Å². The number of ether oxygens (including phenoxy) is 2. The maximum absolute atomic E-state index is 13.6. The number of para-hydroxylation sites is 1. The summed E-state index contributed by atoms with van der Waals surface area (Å²) >= 11 is 12.8. The van der Waals surface area contributed by atoms with E-state index in [1.54, 1.807) is 50.6 Å². The molecule has 6 aromatic rings.